The first-order chi connectivity index (χ1) is 15.0. The van der Waals surface area contributed by atoms with Crippen LogP contribution in [-0.2, 0) is 0 Å². The van der Waals surface area contributed by atoms with E-state index < -0.39 is 12.1 Å². The Labute approximate surface area is 180 Å². The van der Waals surface area contributed by atoms with Crippen molar-refractivity contribution in [2.75, 3.05) is 5.32 Å². The van der Waals surface area contributed by atoms with E-state index in [4.69, 9.17) is 11.6 Å². The van der Waals surface area contributed by atoms with Gasteiger partial charge in [-0.15, -0.1) is 0 Å². The second-order valence-corrected chi connectivity index (χ2v) is 7.46. The van der Waals surface area contributed by atoms with Gasteiger partial charge in [-0.1, -0.05) is 41.9 Å². The fourth-order valence-electron chi connectivity index (χ4n) is 3.69. The summed E-state index contributed by atoms with van der Waals surface area (Å²) < 4.78 is 15.5. The average molecular weight is 435 g/mol. The number of fused-ring (bicyclic) bond motifs is 2. The Bertz CT molecular complexity index is 1480. The van der Waals surface area contributed by atoms with Crippen molar-refractivity contribution in [1.82, 2.24) is 24.5 Å². The maximum Gasteiger partial charge on any atom is 0.312 e. The van der Waals surface area contributed by atoms with E-state index in [1.165, 1.54) is 6.33 Å². The zero-order valence-electron chi connectivity index (χ0n) is 16.3. The van der Waals surface area contributed by atoms with Crippen molar-refractivity contribution in [3.05, 3.63) is 88.1 Å². The first-order valence-corrected chi connectivity index (χ1v) is 9.93. The van der Waals surface area contributed by atoms with Crippen LogP contribution in [0.2, 0.25) is 5.02 Å². The van der Waals surface area contributed by atoms with Crippen LogP contribution in [0.25, 0.3) is 27.6 Å². The molecule has 5 rings (SSSR count). The molecule has 31 heavy (non-hydrogen) atoms. The predicted molar refractivity (Wildman–Crippen MR) is 118 cm³/mol. The van der Waals surface area contributed by atoms with E-state index >= 15 is 0 Å². The zero-order valence-corrected chi connectivity index (χ0v) is 17.1. The van der Waals surface area contributed by atoms with Gasteiger partial charge < -0.3 is 10.3 Å². The van der Waals surface area contributed by atoms with Crippen molar-refractivity contribution in [3.63, 3.8) is 0 Å². The Morgan fingerprint density at radius 1 is 1.13 bits per heavy atom. The molecule has 2 aromatic carbocycles. The van der Waals surface area contributed by atoms with Gasteiger partial charge in [0.1, 0.15) is 5.52 Å². The monoisotopic (exact) mass is 434 g/mol. The number of halogens is 2. The molecular weight excluding hydrogens is 419 g/mol. The van der Waals surface area contributed by atoms with E-state index in [1.807, 2.05) is 49.4 Å². The molecule has 0 fully saturated rings. The van der Waals surface area contributed by atoms with Gasteiger partial charge in [-0.25, -0.2) is 4.98 Å². The number of para-hydroxylation sites is 1. The Hall–Kier alpha value is -3.78. The van der Waals surface area contributed by atoms with Gasteiger partial charge in [0.15, 0.2) is 11.5 Å². The van der Waals surface area contributed by atoms with Crippen LogP contribution in [0.5, 0.6) is 0 Å². The van der Waals surface area contributed by atoms with Crippen molar-refractivity contribution in [3.8, 4) is 5.69 Å². The normalized spacial score (nSPS) is 12.4. The molecule has 0 spiro atoms. The Balaban J connectivity index is 1.71. The van der Waals surface area contributed by atoms with E-state index in [9.17, 15) is 9.18 Å². The van der Waals surface area contributed by atoms with Crippen LogP contribution in [0.15, 0.2) is 65.7 Å². The molecule has 7 nitrogen and oxygen atoms in total. The molecule has 0 saturated heterocycles. The molecule has 0 aliphatic heterocycles. The summed E-state index contributed by atoms with van der Waals surface area (Å²) >= 11 is 6.35. The zero-order chi connectivity index (χ0) is 21.5. The smallest absolute Gasteiger partial charge is 0.312 e. The molecule has 0 unspecified atom stereocenters. The summed E-state index contributed by atoms with van der Waals surface area (Å²) in [5.74, 6) is 0.231. The van der Waals surface area contributed by atoms with E-state index in [2.05, 4.69) is 25.3 Å². The minimum Gasteiger partial charge on any atom is -0.360 e. The molecule has 5 aromatic rings. The van der Waals surface area contributed by atoms with Crippen molar-refractivity contribution in [2.24, 2.45) is 0 Å². The maximum atomic E-state index is 13.9. The van der Waals surface area contributed by atoms with Crippen LogP contribution < -0.4 is 10.9 Å². The fourth-order valence-corrected chi connectivity index (χ4v) is 3.95. The van der Waals surface area contributed by atoms with E-state index in [0.29, 0.717) is 32.7 Å². The molecule has 3 heterocycles. The number of aromatic amines is 1. The molecular formula is C22H16ClFN6O. The van der Waals surface area contributed by atoms with Crippen molar-refractivity contribution in [2.45, 2.75) is 13.0 Å². The highest BCUT2D eigenvalue weighted by Gasteiger charge is 2.20. The highest BCUT2D eigenvalue weighted by atomic mass is 35.5. The molecule has 0 bridgehead atoms. The van der Waals surface area contributed by atoms with Crippen molar-refractivity contribution in [1.29, 1.82) is 0 Å². The fraction of sp³-hybridized carbons (Fsp3) is 0.0909. The van der Waals surface area contributed by atoms with Gasteiger partial charge in [-0.05, 0) is 36.6 Å². The van der Waals surface area contributed by atoms with Gasteiger partial charge in [-0.3, -0.25) is 9.36 Å². The van der Waals surface area contributed by atoms with E-state index in [-0.39, 0.29) is 17.0 Å². The molecule has 0 amide bonds. The number of anilines is 1. The second-order valence-electron chi connectivity index (χ2n) is 7.06. The summed E-state index contributed by atoms with van der Waals surface area (Å²) in [5.41, 5.74) is 1.81. The number of hydrogen-bond acceptors (Lipinski definition) is 5. The van der Waals surface area contributed by atoms with Crippen LogP contribution >= 0.6 is 11.6 Å². The Morgan fingerprint density at radius 3 is 2.74 bits per heavy atom. The van der Waals surface area contributed by atoms with Gasteiger partial charge in [0.05, 0.1) is 22.8 Å². The summed E-state index contributed by atoms with van der Waals surface area (Å²) in [5, 5.41) is 4.71. The number of rotatable bonds is 4. The van der Waals surface area contributed by atoms with E-state index in [1.54, 1.807) is 16.7 Å². The molecule has 2 N–H and O–H groups in total. The SMILES string of the molecule is C[C@H](Nc1nc(F)nc2[nH]cnc12)c1cc2cccc(Cl)c2c(=O)n1-c1ccccc1. The number of nitrogens with one attached hydrogen (secondary N) is 2. The molecule has 0 aliphatic rings. The number of H-pyrrole nitrogens is 1. The summed E-state index contributed by atoms with van der Waals surface area (Å²) in [6.07, 6.45) is 0.546. The molecule has 0 radical (unpaired) electrons. The lowest BCUT2D eigenvalue weighted by molar-refractivity contribution is 0.544. The van der Waals surface area contributed by atoms with Gasteiger partial charge in [0.25, 0.3) is 5.56 Å². The summed E-state index contributed by atoms with van der Waals surface area (Å²) in [4.78, 5) is 28.0. The molecule has 1 atom stereocenters. The minimum absolute atomic E-state index is 0.231. The lowest BCUT2D eigenvalue weighted by atomic mass is 10.1. The number of nitrogens with zero attached hydrogens (tertiary/aromatic N) is 4. The Morgan fingerprint density at radius 2 is 1.94 bits per heavy atom. The highest BCUT2D eigenvalue weighted by Crippen LogP contribution is 2.28. The topological polar surface area (TPSA) is 88.5 Å². The minimum atomic E-state index is -0.878. The first kappa shape index (κ1) is 19.2. The van der Waals surface area contributed by atoms with Crippen LogP contribution in [0.3, 0.4) is 0 Å². The summed E-state index contributed by atoms with van der Waals surface area (Å²) in [6.45, 7) is 1.86. The summed E-state index contributed by atoms with van der Waals surface area (Å²) in [6, 6.07) is 16.1. The molecule has 154 valence electrons. The predicted octanol–water partition coefficient (Wildman–Crippen LogP) is 4.62. The number of benzene rings is 2. The molecule has 9 heteroatoms. The second kappa shape index (κ2) is 7.48. The van der Waals surface area contributed by atoms with Gasteiger partial charge >= 0.3 is 6.08 Å². The van der Waals surface area contributed by atoms with Crippen LogP contribution in [0.4, 0.5) is 10.2 Å². The standard InChI is InChI=1S/C22H16ClFN6O/c1-12(27-20-18-19(26-11-25-18)28-22(24)29-20)16-10-13-6-5-9-15(23)17(13)21(31)30(16)14-7-3-2-4-8-14/h2-12H,1H3,(H2,25,26,27,28,29)/t12-/m0/s1. The number of pyridine rings is 1. The van der Waals surface area contributed by atoms with Gasteiger partial charge in [0.2, 0.25) is 0 Å². The molecule has 3 aromatic heterocycles. The lowest BCUT2D eigenvalue weighted by Crippen LogP contribution is -2.26. The Kier molecular flexibility index (Phi) is 4.63. The van der Waals surface area contributed by atoms with Crippen molar-refractivity contribution >= 4 is 39.4 Å². The largest absolute Gasteiger partial charge is 0.360 e. The van der Waals surface area contributed by atoms with Crippen molar-refractivity contribution < 1.29 is 4.39 Å². The third-order valence-corrected chi connectivity index (χ3v) is 5.40. The summed E-state index contributed by atoms with van der Waals surface area (Å²) in [7, 11) is 0. The number of hydrogen-bond donors (Lipinski definition) is 2. The third-order valence-electron chi connectivity index (χ3n) is 5.09. The van der Waals surface area contributed by atoms with Crippen LogP contribution in [-0.4, -0.2) is 24.5 Å². The quantitative estimate of drug-likeness (QED) is 0.403. The van der Waals surface area contributed by atoms with E-state index in [0.717, 1.165) is 0 Å². The average Bonchev–Trinajstić information content (AvgIpc) is 3.22. The van der Waals surface area contributed by atoms with Gasteiger partial charge in [0, 0.05) is 11.4 Å². The van der Waals surface area contributed by atoms with Crippen LogP contribution in [0, 0.1) is 6.08 Å². The maximum absolute atomic E-state index is 13.9. The highest BCUT2D eigenvalue weighted by molar-refractivity contribution is 6.35. The third kappa shape index (κ3) is 3.30. The lowest BCUT2D eigenvalue weighted by Gasteiger charge is -2.21. The molecule has 0 aliphatic carbocycles. The van der Waals surface area contributed by atoms with Gasteiger partial charge in [-0.2, -0.15) is 14.4 Å². The van der Waals surface area contributed by atoms with Crippen LogP contribution in [0.1, 0.15) is 18.7 Å². The first-order valence-electron chi connectivity index (χ1n) is 9.55. The molecule has 0 saturated carbocycles. The number of aromatic nitrogens is 5. The number of imidazole rings is 1.